The minimum absolute atomic E-state index is 0.424. The summed E-state index contributed by atoms with van der Waals surface area (Å²) in [6, 6.07) is 0. The predicted molar refractivity (Wildman–Crippen MR) is 62.9 cm³/mol. The third-order valence-electron chi connectivity index (χ3n) is 2.48. The summed E-state index contributed by atoms with van der Waals surface area (Å²) >= 11 is 3.67. The van der Waals surface area contributed by atoms with E-state index in [0.717, 1.165) is 23.5 Å². The highest BCUT2D eigenvalue weighted by molar-refractivity contribution is 9.09. The molecule has 0 aliphatic carbocycles. The van der Waals surface area contributed by atoms with Gasteiger partial charge in [-0.1, -0.05) is 29.8 Å². The highest BCUT2D eigenvalue weighted by Gasteiger charge is 2.18. The Hall–Kier alpha value is -0.440. The molecule has 2 atom stereocenters. The number of alkyl halides is 1. The summed E-state index contributed by atoms with van der Waals surface area (Å²) in [5.41, 5.74) is 3.16. The van der Waals surface area contributed by atoms with Crippen LogP contribution in [-0.4, -0.2) is 14.8 Å². The molecule has 2 unspecified atom stereocenters. The molecule has 0 fully saturated rings. The summed E-state index contributed by atoms with van der Waals surface area (Å²) in [4.78, 5) is 9.37. The zero-order valence-electron chi connectivity index (χ0n) is 9.21. The first-order chi connectivity index (χ1) is 6.56. The molecular weight excluding hydrogens is 240 g/mol. The van der Waals surface area contributed by atoms with Gasteiger partial charge in [-0.05, 0) is 20.3 Å². The van der Waals surface area contributed by atoms with E-state index in [2.05, 4.69) is 39.7 Å². The first-order valence-corrected chi connectivity index (χ1v) is 5.92. The highest BCUT2D eigenvalue weighted by Crippen LogP contribution is 2.26. The van der Waals surface area contributed by atoms with Crippen LogP contribution >= 0.6 is 15.9 Å². The lowest BCUT2D eigenvalue weighted by Crippen LogP contribution is -2.12. The smallest absolute Gasteiger partial charge is 0.0658 e. The largest absolute Gasteiger partial charge is 0.258 e. The van der Waals surface area contributed by atoms with Gasteiger partial charge < -0.3 is 0 Å². The fourth-order valence-electron chi connectivity index (χ4n) is 1.51. The standard InChI is InChI=1S/C11H17BrN2/c1-5-10(12)8(3)11-9(4)13-6-7(2)14-11/h6,8,10H,5H2,1-4H3. The first kappa shape index (κ1) is 11.6. The van der Waals surface area contributed by atoms with E-state index in [1.807, 2.05) is 20.0 Å². The lowest BCUT2D eigenvalue weighted by molar-refractivity contribution is 0.661. The molecule has 3 heteroatoms. The second kappa shape index (κ2) is 4.87. The van der Waals surface area contributed by atoms with Gasteiger partial charge in [0.15, 0.2) is 0 Å². The van der Waals surface area contributed by atoms with E-state index in [9.17, 15) is 0 Å². The Morgan fingerprint density at radius 2 is 2.07 bits per heavy atom. The van der Waals surface area contributed by atoms with E-state index in [0.29, 0.717) is 10.7 Å². The molecule has 0 aromatic carbocycles. The molecule has 0 amide bonds. The molecule has 78 valence electrons. The second-order valence-electron chi connectivity index (χ2n) is 3.69. The lowest BCUT2D eigenvalue weighted by atomic mass is 10.00. The Morgan fingerprint density at radius 1 is 1.43 bits per heavy atom. The van der Waals surface area contributed by atoms with Crippen LogP contribution in [-0.2, 0) is 0 Å². The van der Waals surface area contributed by atoms with Crippen LogP contribution in [0.3, 0.4) is 0 Å². The molecule has 0 bridgehead atoms. The SMILES string of the molecule is CCC(Br)C(C)c1nc(C)cnc1C. The van der Waals surface area contributed by atoms with Gasteiger partial charge in [0.1, 0.15) is 0 Å². The van der Waals surface area contributed by atoms with Crippen molar-refractivity contribution in [2.75, 3.05) is 0 Å². The number of nitrogens with zero attached hydrogens (tertiary/aromatic N) is 2. The van der Waals surface area contributed by atoms with Crippen LogP contribution in [0.5, 0.6) is 0 Å². The normalized spacial score (nSPS) is 15.2. The summed E-state index contributed by atoms with van der Waals surface area (Å²) in [5, 5.41) is 0. The van der Waals surface area contributed by atoms with Crippen LogP contribution in [0, 0.1) is 13.8 Å². The maximum absolute atomic E-state index is 4.55. The summed E-state index contributed by atoms with van der Waals surface area (Å²) < 4.78 is 0. The van der Waals surface area contributed by atoms with Crippen LogP contribution in [0.25, 0.3) is 0 Å². The quantitative estimate of drug-likeness (QED) is 0.776. The highest BCUT2D eigenvalue weighted by atomic mass is 79.9. The number of hydrogen-bond donors (Lipinski definition) is 0. The van der Waals surface area contributed by atoms with Gasteiger partial charge in [0, 0.05) is 16.9 Å². The maximum atomic E-state index is 4.55. The molecular formula is C11H17BrN2. The molecule has 0 saturated carbocycles. The van der Waals surface area contributed by atoms with Gasteiger partial charge in [0.25, 0.3) is 0 Å². The second-order valence-corrected chi connectivity index (χ2v) is 4.87. The number of aromatic nitrogens is 2. The number of aryl methyl sites for hydroxylation is 2. The fraction of sp³-hybridized carbons (Fsp3) is 0.636. The summed E-state index contributed by atoms with van der Waals surface area (Å²) in [6.45, 7) is 8.37. The van der Waals surface area contributed by atoms with E-state index in [1.165, 1.54) is 0 Å². The Morgan fingerprint density at radius 3 is 2.64 bits per heavy atom. The Balaban J connectivity index is 2.99. The Kier molecular flexibility index (Phi) is 4.05. The Labute approximate surface area is 94.3 Å². The van der Waals surface area contributed by atoms with Crippen molar-refractivity contribution in [3.8, 4) is 0 Å². The van der Waals surface area contributed by atoms with Gasteiger partial charge in [-0.3, -0.25) is 9.97 Å². The van der Waals surface area contributed by atoms with Crippen molar-refractivity contribution in [2.45, 2.75) is 44.9 Å². The molecule has 0 spiro atoms. The van der Waals surface area contributed by atoms with Crippen molar-refractivity contribution in [3.63, 3.8) is 0 Å². The molecule has 1 aromatic rings. The van der Waals surface area contributed by atoms with Crippen molar-refractivity contribution in [3.05, 3.63) is 23.3 Å². The Bertz CT molecular complexity index is 312. The van der Waals surface area contributed by atoms with Crippen LogP contribution in [0.4, 0.5) is 0 Å². The van der Waals surface area contributed by atoms with Gasteiger partial charge >= 0.3 is 0 Å². The molecule has 0 saturated heterocycles. The average Bonchev–Trinajstić information content (AvgIpc) is 2.19. The predicted octanol–water partition coefficient (Wildman–Crippen LogP) is 3.37. The molecule has 1 heterocycles. The molecule has 0 aliphatic heterocycles. The van der Waals surface area contributed by atoms with Gasteiger partial charge in [0.2, 0.25) is 0 Å². The molecule has 0 radical (unpaired) electrons. The van der Waals surface area contributed by atoms with Crippen molar-refractivity contribution in [1.29, 1.82) is 0 Å². The minimum Gasteiger partial charge on any atom is -0.258 e. The zero-order valence-corrected chi connectivity index (χ0v) is 10.8. The molecule has 0 N–H and O–H groups in total. The van der Waals surface area contributed by atoms with Crippen molar-refractivity contribution in [1.82, 2.24) is 9.97 Å². The third-order valence-corrected chi connectivity index (χ3v) is 3.92. The number of hydrogen-bond acceptors (Lipinski definition) is 2. The molecule has 0 aliphatic rings. The molecule has 2 nitrogen and oxygen atoms in total. The van der Waals surface area contributed by atoms with E-state index in [4.69, 9.17) is 0 Å². The van der Waals surface area contributed by atoms with Gasteiger partial charge in [-0.15, -0.1) is 0 Å². The van der Waals surface area contributed by atoms with Crippen LogP contribution < -0.4 is 0 Å². The van der Waals surface area contributed by atoms with E-state index >= 15 is 0 Å². The monoisotopic (exact) mass is 256 g/mol. The molecule has 1 aromatic heterocycles. The van der Waals surface area contributed by atoms with Crippen LogP contribution in [0.1, 0.15) is 43.3 Å². The van der Waals surface area contributed by atoms with E-state index in [-0.39, 0.29) is 0 Å². The van der Waals surface area contributed by atoms with Crippen LogP contribution in [0.2, 0.25) is 0 Å². The van der Waals surface area contributed by atoms with Crippen molar-refractivity contribution < 1.29 is 0 Å². The topological polar surface area (TPSA) is 25.8 Å². The van der Waals surface area contributed by atoms with Gasteiger partial charge in [-0.25, -0.2) is 0 Å². The van der Waals surface area contributed by atoms with Gasteiger partial charge in [-0.2, -0.15) is 0 Å². The van der Waals surface area contributed by atoms with Crippen molar-refractivity contribution >= 4 is 15.9 Å². The summed E-state index contributed by atoms with van der Waals surface area (Å²) in [7, 11) is 0. The summed E-state index contributed by atoms with van der Waals surface area (Å²) in [6.07, 6.45) is 2.93. The number of rotatable bonds is 3. The first-order valence-electron chi connectivity index (χ1n) is 5.00. The molecule has 1 rings (SSSR count). The lowest BCUT2D eigenvalue weighted by Gasteiger charge is -2.17. The summed E-state index contributed by atoms with van der Waals surface area (Å²) in [5.74, 6) is 0.424. The number of halogens is 1. The van der Waals surface area contributed by atoms with Crippen molar-refractivity contribution in [2.24, 2.45) is 0 Å². The van der Waals surface area contributed by atoms with E-state index in [1.54, 1.807) is 0 Å². The fourth-order valence-corrected chi connectivity index (χ4v) is 1.76. The van der Waals surface area contributed by atoms with E-state index < -0.39 is 0 Å². The minimum atomic E-state index is 0.424. The average molecular weight is 257 g/mol. The third kappa shape index (κ3) is 2.53. The molecule has 14 heavy (non-hydrogen) atoms. The van der Waals surface area contributed by atoms with Crippen LogP contribution in [0.15, 0.2) is 6.20 Å². The van der Waals surface area contributed by atoms with Gasteiger partial charge in [0.05, 0.1) is 17.1 Å². The zero-order chi connectivity index (χ0) is 10.7. The maximum Gasteiger partial charge on any atom is 0.0658 e.